The van der Waals surface area contributed by atoms with Gasteiger partial charge < -0.3 is 20.7 Å². The van der Waals surface area contributed by atoms with Crippen LogP contribution < -0.4 is 16.0 Å². The fraction of sp³-hybridized carbons (Fsp3) is 0.679. The van der Waals surface area contributed by atoms with Crippen molar-refractivity contribution in [3.8, 4) is 0 Å². The quantitative estimate of drug-likeness (QED) is 0.295. The van der Waals surface area contributed by atoms with Crippen LogP contribution in [0.2, 0.25) is 0 Å². The van der Waals surface area contributed by atoms with Crippen LogP contribution in [0.5, 0.6) is 0 Å². The third-order valence-corrected chi connectivity index (χ3v) is 7.29. The van der Waals surface area contributed by atoms with Crippen LogP contribution in [-0.2, 0) is 20.7 Å². The minimum atomic E-state index is -2.84. The maximum absolute atomic E-state index is 14.5. The molecular formula is C28H39F4N3O4. The van der Waals surface area contributed by atoms with Gasteiger partial charge in [0.2, 0.25) is 18.2 Å². The number of alkyl halides is 2. The van der Waals surface area contributed by atoms with E-state index in [2.05, 4.69) is 16.0 Å². The molecule has 2 fully saturated rings. The summed E-state index contributed by atoms with van der Waals surface area (Å²) >= 11 is 0. The number of esters is 1. The molecule has 11 heteroatoms. The number of nitrogens with one attached hydrogen (secondary N) is 3. The molecule has 39 heavy (non-hydrogen) atoms. The molecule has 1 saturated carbocycles. The fourth-order valence-electron chi connectivity index (χ4n) is 5.34. The number of hydrogen-bond donors (Lipinski definition) is 3. The molecule has 0 aromatic heterocycles. The molecule has 2 aliphatic rings. The van der Waals surface area contributed by atoms with Crippen molar-refractivity contribution in [1.29, 1.82) is 0 Å². The standard InChI is InChI=1S/C28H39F4N3O4/c1-28(2,3)39-27(38)17-11-20(29)19(21(30)12-17)9-10-33-25(36)23(14-24(31)32)35-26(37)22-13-18(15-34-22)16-7-5-4-6-8-16/h11-12,16,18,22-24,34H,4-10,13-15H2,1-3H3,(H,33,36)(H,35,37)/t18-,22?,23+/m1/s1. The van der Waals surface area contributed by atoms with Gasteiger partial charge in [-0.05, 0) is 64.1 Å². The first-order valence-corrected chi connectivity index (χ1v) is 13.6. The van der Waals surface area contributed by atoms with Crippen molar-refractivity contribution >= 4 is 17.8 Å². The summed E-state index contributed by atoms with van der Waals surface area (Å²) < 4.78 is 60.6. The topological polar surface area (TPSA) is 96.5 Å². The van der Waals surface area contributed by atoms with Crippen LogP contribution in [0.1, 0.15) is 81.6 Å². The minimum Gasteiger partial charge on any atom is -0.456 e. The number of carbonyl (C=O) groups excluding carboxylic acids is 3. The van der Waals surface area contributed by atoms with E-state index in [1.165, 1.54) is 19.3 Å². The average Bonchev–Trinajstić information content (AvgIpc) is 3.35. The Bertz CT molecular complexity index is 1000. The summed E-state index contributed by atoms with van der Waals surface area (Å²) in [4.78, 5) is 37.6. The SMILES string of the molecule is CC(C)(C)OC(=O)c1cc(F)c(CCNC(=O)[C@H](CC(F)F)NC(=O)C2C[C@@H](C3CCCCC3)CN2)c(F)c1. The van der Waals surface area contributed by atoms with Crippen molar-refractivity contribution in [3.05, 3.63) is 34.9 Å². The van der Waals surface area contributed by atoms with Gasteiger partial charge in [-0.1, -0.05) is 32.1 Å². The number of carbonyl (C=O) groups is 3. The second-order valence-corrected chi connectivity index (χ2v) is 11.5. The molecule has 0 spiro atoms. The number of benzene rings is 1. The zero-order chi connectivity index (χ0) is 28.7. The van der Waals surface area contributed by atoms with Gasteiger partial charge in [0, 0.05) is 18.5 Å². The molecule has 3 N–H and O–H groups in total. The van der Waals surface area contributed by atoms with E-state index in [9.17, 15) is 31.9 Å². The molecule has 0 radical (unpaired) electrons. The highest BCUT2D eigenvalue weighted by molar-refractivity contribution is 5.90. The molecule has 3 atom stereocenters. The van der Waals surface area contributed by atoms with Gasteiger partial charge in [0.25, 0.3) is 0 Å². The van der Waals surface area contributed by atoms with Crippen LogP contribution in [0.4, 0.5) is 17.6 Å². The normalized spacial score (nSPS) is 21.0. The van der Waals surface area contributed by atoms with Gasteiger partial charge >= 0.3 is 5.97 Å². The Hall–Kier alpha value is -2.69. The van der Waals surface area contributed by atoms with Gasteiger partial charge in [-0.15, -0.1) is 0 Å². The summed E-state index contributed by atoms with van der Waals surface area (Å²) in [5.41, 5.74) is -1.51. The molecule has 1 aliphatic carbocycles. The largest absolute Gasteiger partial charge is 0.456 e. The summed E-state index contributed by atoms with van der Waals surface area (Å²) in [7, 11) is 0. The van der Waals surface area contributed by atoms with Crippen LogP contribution in [0.15, 0.2) is 12.1 Å². The molecule has 1 saturated heterocycles. The van der Waals surface area contributed by atoms with Crippen molar-refractivity contribution in [2.24, 2.45) is 11.8 Å². The van der Waals surface area contributed by atoms with E-state index < -0.39 is 59.9 Å². The lowest BCUT2D eigenvalue weighted by Gasteiger charge is -2.26. The molecule has 1 unspecified atom stereocenters. The smallest absolute Gasteiger partial charge is 0.338 e. The van der Waals surface area contributed by atoms with E-state index in [-0.39, 0.29) is 24.1 Å². The molecule has 1 aromatic rings. The molecule has 1 heterocycles. The Labute approximate surface area is 226 Å². The highest BCUT2D eigenvalue weighted by Gasteiger charge is 2.36. The second kappa shape index (κ2) is 13.6. The lowest BCUT2D eigenvalue weighted by molar-refractivity contribution is -0.130. The number of amides is 2. The molecular weight excluding hydrogens is 518 g/mol. The summed E-state index contributed by atoms with van der Waals surface area (Å²) in [5.74, 6) is -3.36. The van der Waals surface area contributed by atoms with Crippen molar-refractivity contribution < 1.29 is 36.7 Å². The van der Waals surface area contributed by atoms with Crippen molar-refractivity contribution in [3.63, 3.8) is 0 Å². The van der Waals surface area contributed by atoms with Gasteiger partial charge in [0.1, 0.15) is 23.3 Å². The van der Waals surface area contributed by atoms with Crippen LogP contribution in [-0.4, -0.2) is 55.0 Å². The molecule has 0 bridgehead atoms. The number of halogens is 4. The van der Waals surface area contributed by atoms with Crippen LogP contribution >= 0.6 is 0 Å². The fourth-order valence-corrected chi connectivity index (χ4v) is 5.34. The Morgan fingerprint density at radius 2 is 1.69 bits per heavy atom. The zero-order valence-electron chi connectivity index (χ0n) is 22.8. The van der Waals surface area contributed by atoms with Crippen molar-refractivity contribution in [2.45, 2.75) is 96.2 Å². The first kappa shape index (κ1) is 30.8. The molecule has 2 amide bonds. The predicted octanol–water partition coefficient (Wildman–Crippen LogP) is 4.28. The molecule has 3 rings (SSSR count). The van der Waals surface area contributed by atoms with E-state index in [1.807, 2.05) is 0 Å². The van der Waals surface area contributed by atoms with Gasteiger partial charge in [-0.2, -0.15) is 0 Å². The molecule has 7 nitrogen and oxygen atoms in total. The lowest BCUT2D eigenvalue weighted by atomic mass is 9.79. The minimum absolute atomic E-state index is 0.264. The monoisotopic (exact) mass is 557 g/mol. The van der Waals surface area contributed by atoms with E-state index in [0.717, 1.165) is 25.0 Å². The zero-order valence-corrected chi connectivity index (χ0v) is 22.8. The predicted molar refractivity (Wildman–Crippen MR) is 137 cm³/mol. The maximum Gasteiger partial charge on any atom is 0.338 e. The maximum atomic E-state index is 14.5. The summed E-state index contributed by atoms with van der Waals surface area (Å²) in [5, 5.41) is 7.97. The highest BCUT2D eigenvalue weighted by atomic mass is 19.3. The Balaban J connectivity index is 1.54. The third-order valence-electron chi connectivity index (χ3n) is 7.29. The van der Waals surface area contributed by atoms with Crippen LogP contribution in [0.3, 0.4) is 0 Å². The Morgan fingerprint density at radius 1 is 1.05 bits per heavy atom. The van der Waals surface area contributed by atoms with Gasteiger partial charge in [0.15, 0.2) is 0 Å². The number of rotatable bonds is 10. The molecule has 1 aromatic carbocycles. The average molecular weight is 558 g/mol. The summed E-state index contributed by atoms with van der Waals surface area (Å²) in [6.07, 6.45) is 2.41. The van der Waals surface area contributed by atoms with Crippen molar-refractivity contribution in [1.82, 2.24) is 16.0 Å². The van der Waals surface area contributed by atoms with E-state index in [0.29, 0.717) is 24.8 Å². The lowest BCUT2D eigenvalue weighted by Crippen LogP contribution is -2.52. The first-order valence-electron chi connectivity index (χ1n) is 13.6. The van der Waals surface area contributed by atoms with E-state index >= 15 is 0 Å². The highest BCUT2D eigenvalue weighted by Crippen LogP contribution is 2.34. The summed E-state index contributed by atoms with van der Waals surface area (Å²) in [6.45, 7) is 5.28. The number of hydrogen-bond acceptors (Lipinski definition) is 5. The summed E-state index contributed by atoms with van der Waals surface area (Å²) in [6, 6.07) is -0.346. The van der Waals surface area contributed by atoms with E-state index in [4.69, 9.17) is 4.74 Å². The number of ether oxygens (including phenoxy) is 1. The van der Waals surface area contributed by atoms with Crippen LogP contribution in [0.25, 0.3) is 0 Å². The van der Waals surface area contributed by atoms with Gasteiger partial charge in [-0.25, -0.2) is 22.4 Å². The molecule has 1 aliphatic heterocycles. The molecule has 218 valence electrons. The van der Waals surface area contributed by atoms with Crippen molar-refractivity contribution in [2.75, 3.05) is 13.1 Å². The Kier molecular flexibility index (Phi) is 10.7. The third kappa shape index (κ3) is 9.19. The van der Waals surface area contributed by atoms with Gasteiger partial charge in [0.05, 0.1) is 11.6 Å². The Morgan fingerprint density at radius 3 is 2.28 bits per heavy atom. The van der Waals surface area contributed by atoms with Gasteiger partial charge in [-0.3, -0.25) is 9.59 Å². The second-order valence-electron chi connectivity index (χ2n) is 11.5. The van der Waals surface area contributed by atoms with Crippen LogP contribution in [0, 0.1) is 23.5 Å². The van der Waals surface area contributed by atoms with E-state index in [1.54, 1.807) is 20.8 Å². The first-order chi connectivity index (χ1) is 18.3.